The number of carbonyl (C=O) groups is 1. The molecule has 0 bridgehead atoms. The number of carboxylic acid groups (broad SMARTS) is 1. The Morgan fingerprint density at radius 3 is 2.82 bits per heavy atom. The Hall–Kier alpha value is -0.910. The van der Waals surface area contributed by atoms with Gasteiger partial charge in [-0.05, 0) is 33.6 Å². The fraction of sp³-hybridized carbons (Fsp3) is 0.0909. The van der Waals surface area contributed by atoms with Gasteiger partial charge in [0.1, 0.15) is 5.92 Å². The van der Waals surface area contributed by atoms with Gasteiger partial charge < -0.3 is 5.11 Å². The highest BCUT2D eigenvalue weighted by molar-refractivity contribution is 9.10. The Morgan fingerprint density at radius 1 is 1.53 bits per heavy atom. The molecule has 0 aliphatic carbocycles. The van der Waals surface area contributed by atoms with Crippen LogP contribution in [0.25, 0.3) is 0 Å². The van der Waals surface area contributed by atoms with Crippen molar-refractivity contribution in [3.8, 4) is 0 Å². The summed E-state index contributed by atoms with van der Waals surface area (Å²) in [5.41, 5.74) is 2.81. The van der Waals surface area contributed by atoms with E-state index < -0.39 is 11.9 Å². The number of carboxylic acids is 1. The second kappa shape index (κ2) is 5.16. The first kappa shape index (κ1) is 12.5. The smallest absolute Gasteiger partial charge is 0.317 e. The number of halogens is 2. The molecule has 1 N–H and O–H groups in total. The lowest BCUT2D eigenvalue weighted by molar-refractivity contribution is -0.137. The van der Waals surface area contributed by atoms with Crippen molar-refractivity contribution >= 4 is 44.8 Å². The standard InChI is InChI=1S/C11H7BrClNO2S/c12-7-3-6(1-2-8(7)13)10(11(15)16)9-4-17-5-14-9/h1-5,10H,(H,15,16). The van der Waals surface area contributed by atoms with E-state index in [4.69, 9.17) is 11.6 Å². The summed E-state index contributed by atoms with van der Waals surface area (Å²) in [4.78, 5) is 15.4. The first-order valence-electron chi connectivity index (χ1n) is 4.65. The third kappa shape index (κ3) is 2.68. The molecule has 1 atom stereocenters. The Bertz CT molecular complexity index is 544. The van der Waals surface area contributed by atoms with E-state index in [0.717, 1.165) is 0 Å². The Morgan fingerprint density at radius 2 is 2.29 bits per heavy atom. The minimum absolute atomic E-state index is 0.539. The fourth-order valence-electron chi connectivity index (χ4n) is 1.50. The maximum atomic E-state index is 11.3. The van der Waals surface area contributed by atoms with Gasteiger partial charge in [0, 0.05) is 9.85 Å². The molecule has 2 aromatic rings. The van der Waals surface area contributed by atoms with Crippen molar-refractivity contribution in [2.45, 2.75) is 5.92 Å². The normalized spacial score (nSPS) is 12.4. The molecule has 2 rings (SSSR count). The zero-order chi connectivity index (χ0) is 12.4. The van der Waals surface area contributed by atoms with E-state index in [2.05, 4.69) is 20.9 Å². The lowest BCUT2D eigenvalue weighted by Gasteiger charge is -2.11. The van der Waals surface area contributed by atoms with Gasteiger partial charge in [0.05, 0.1) is 16.2 Å². The lowest BCUT2D eigenvalue weighted by Crippen LogP contribution is -2.13. The van der Waals surface area contributed by atoms with Crippen LogP contribution in [0, 0.1) is 0 Å². The van der Waals surface area contributed by atoms with Gasteiger partial charge in [0.2, 0.25) is 0 Å². The topological polar surface area (TPSA) is 50.2 Å². The minimum atomic E-state index is -0.926. The quantitative estimate of drug-likeness (QED) is 0.930. The zero-order valence-corrected chi connectivity index (χ0v) is 11.6. The van der Waals surface area contributed by atoms with Gasteiger partial charge in [-0.2, -0.15) is 0 Å². The average molecular weight is 333 g/mol. The van der Waals surface area contributed by atoms with E-state index >= 15 is 0 Å². The molecular formula is C11H7BrClNO2S. The summed E-state index contributed by atoms with van der Waals surface area (Å²) >= 11 is 10.5. The van der Waals surface area contributed by atoms with Crippen molar-refractivity contribution in [1.29, 1.82) is 0 Å². The molecule has 0 saturated heterocycles. The maximum Gasteiger partial charge on any atom is 0.317 e. The molecule has 0 aliphatic rings. The number of thiazole rings is 1. The summed E-state index contributed by atoms with van der Waals surface area (Å²) in [6.45, 7) is 0. The van der Waals surface area contributed by atoms with Crippen molar-refractivity contribution in [1.82, 2.24) is 4.98 Å². The van der Waals surface area contributed by atoms with E-state index in [1.165, 1.54) is 11.3 Å². The summed E-state index contributed by atoms with van der Waals surface area (Å²) in [6.07, 6.45) is 0. The van der Waals surface area contributed by atoms with Crippen LogP contribution >= 0.6 is 38.9 Å². The first-order chi connectivity index (χ1) is 8.09. The van der Waals surface area contributed by atoms with Crippen LogP contribution in [0.3, 0.4) is 0 Å². The van der Waals surface area contributed by atoms with Crippen molar-refractivity contribution in [3.63, 3.8) is 0 Å². The number of aliphatic carboxylic acids is 1. The minimum Gasteiger partial charge on any atom is -0.480 e. The number of aromatic nitrogens is 1. The van der Waals surface area contributed by atoms with E-state index in [1.807, 2.05) is 0 Å². The van der Waals surface area contributed by atoms with Gasteiger partial charge in [-0.25, -0.2) is 4.98 Å². The van der Waals surface area contributed by atoms with Crippen LogP contribution in [0.4, 0.5) is 0 Å². The third-order valence-electron chi connectivity index (χ3n) is 2.27. The fourth-order valence-corrected chi connectivity index (χ4v) is 2.59. The van der Waals surface area contributed by atoms with Crippen LogP contribution in [0.15, 0.2) is 33.6 Å². The van der Waals surface area contributed by atoms with E-state index in [-0.39, 0.29) is 0 Å². The third-order valence-corrected chi connectivity index (χ3v) is 4.09. The molecule has 1 aromatic carbocycles. The van der Waals surface area contributed by atoms with Crippen LogP contribution < -0.4 is 0 Å². The molecule has 0 radical (unpaired) electrons. The predicted molar refractivity (Wildman–Crippen MR) is 70.7 cm³/mol. The van der Waals surface area contributed by atoms with Gasteiger partial charge in [0.15, 0.2) is 0 Å². The monoisotopic (exact) mass is 331 g/mol. The molecule has 0 amide bonds. The number of benzene rings is 1. The highest BCUT2D eigenvalue weighted by atomic mass is 79.9. The molecular weight excluding hydrogens is 326 g/mol. The van der Waals surface area contributed by atoms with Gasteiger partial charge in [-0.1, -0.05) is 17.7 Å². The highest BCUT2D eigenvalue weighted by Crippen LogP contribution is 2.30. The number of hydrogen-bond acceptors (Lipinski definition) is 3. The second-order valence-electron chi connectivity index (χ2n) is 3.36. The SMILES string of the molecule is O=C(O)C(c1ccc(Cl)c(Br)c1)c1cscn1. The van der Waals surface area contributed by atoms with E-state index in [1.54, 1.807) is 29.1 Å². The summed E-state index contributed by atoms with van der Waals surface area (Å²) in [7, 11) is 0. The molecule has 1 unspecified atom stereocenters. The molecule has 0 saturated carbocycles. The molecule has 1 heterocycles. The second-order valence-corrected chi connectivity index (χ2v) is 5.34. The van der Waals surface area contributed by atoms with Crippen molar-refractivity contribution in [3.05, 3.63) is 49.8 Å². The van der Waals surface area contributed by atoms with Crippen LogP contribution in [-0.4, -0.2) is 16.1 Å². The molecule has 3 nitrogen and oxygen atoms in total. The summed E-state index contributed by atoms with van der Waals surface area (Å²) < 4.78 is 0.679. The zero-order valence-electron chi connectivity index (χ0n) is 8.43. The van der Waals surface area contributed by atoms with E-state index in [0.29, 0.717) is 20.8 Å². The van der Waals surface area contributed by atoms with E-state index in [9.17, 15) is 9.90 Å². The largest absolute Gasteiger partial charge is 0.480 e. The molecule has 0 aliphatic heterocycles. The number of rotatable bonds is 3. The maximum absolute atomic E-state index is 11.3. The average Bonchev–Trinajstić information content (AvgIpc) is 2.76. The van der Waals surface area contributed by atoms with Crippen molar-refractivity contribution < 1.29 is 9.90 Å². The summed E-state index contributed by atoms with van der Waals surface area (Å²) in [5, 5.41) is 11.6. The van der Waals surface area contributed by atoms with Crippen LogP contribution in [0.5, 0.6) is 0 Å². The van der Waals surface area contributed by atoms with Gasteiger partial charge in [-0.15, -0.1) is 11.3 Å². The van der Waals surface area contributed by atoms with Crippen LogP contribution in [0.2, 0.25) is 5.02 Å². The molecule has 0 fully saturated rings. The Labute approximate surface area is 115 Å². The summed E-state index contributed by atoms with van der Waals surface area (Å²) in [5.74, 6) is -1.68. The Kier molecular flexibility index (Phi) is 3.81. The number of hydrogen-bond donors (Lipinski definition) is 1. The Balaban J connectivity index is 2.47. The molecule has 17 heavy (non-hydrogen) atoms. The van der Waals surface area contributed by atoms with Crippen LogP contribution in [-0.2, 0) is 4.79 Å². The predicted octanol–water partition coefficient (Wildman–Crippen LogP) is 3.78. The molecule has 88 valence electrons. The molecule has 1 aromatic heterocycles. The highest BCUT2D eigenvalue weighted by Gasteiger charge is 2.24. The lowest BCUT2D eigenvalue weighted by atomic mass is 9.97. The van der Waals surface area contributed by atoms with Gasteiger partial charge in [-0.3, -0.25) is 4.79 Å². The number of nitrogens with zero attached hydrogens (tertiary/aromatic N) is 1. The first-order valence-corrected chi connectivity index (χ1v) is 6.77. The van der Waals surface area contributed by atoms with Crippen LogP contribution in [0.1, 0.15) is 17.2 Å². The van der Waals surface area contributed by atoms with Gasteiger partial charge in [0.25, 0.3) is 0 Å². The van der Waals surface area contributed by atoms with Crippen molar-refractivity contribution in [2.24, 2.45) is 0 Å². The van der Waals surface area contributed by atoms with Crippen molar-refractivity contribution in [2.75, 3.05) is 0 Å². The summed E-state index contributed by atoms with van der Waals surface area (Å²) in [6, 6.07) is 5.08. The molecule has 6 heteroatoms. The molecule has 0 spiro atoms. The van der Waals surface area contributed by atoms with Gasteiger partial charge >= 0.3 is 5.97 Å².